The quantitative estimate of drug-likeness (QED) is 0.785. The van der Waals surface area contributed by atoms with Gasteiger partial charge in [0.05, 0.1) is 24.4 Å². The molecule has 122 valence electrons. The lowest BCUT2D eigenvalue weighted by Crippen LogP contribution is -2.47. The van der Waals surface area contributed by atoms with Crippen LogP contribution in [-0.2, 0) is 9.53 Å². The van der Waals surface area contributed by atoms with Crippen molar-refractivity contribution in [3.8, 4) is 0 Å². The summed E-state index contributed by atoms with van der Waals surface area (Å²) < 4.78 is 5.90. The minimum absolute atomic E-state index is 0.0127. The van der Waals surface area contributed by atoms with E-state index in [0.29, 0.717) is 5.92 Å². The van der Waals surface area contributed by atoms with Crippen LogP contribution in [0, 0.1) is 5.92 Å². The molecule has 2 aliphatic heterocycles. The van der Waals surface area contributed by atoms with Gasteiger partial charge in [-0.25, -0.2) is 0 Å². The molecule has 2 saturated heterocycles. The third-order valence-corrected chi connectivity index (χ3v) is 4.70. The maximum atomic E-state index is 12.7. The predicted molar refractivity (Wildman–Crippen MR) is 85.0 cm³/mol. The Balaban J connectivity index is 2.04. The molecule has 0 aliphatic carbocycles. The van der Waals surface area contributed by atoms with E-state index in [1.54, 1.807) is 0 Å². The molecule has 0 bridgehead atoms. The van der Waals surface area contributed by atoms with E-state index in [0.717, 1.165) is 51.7 Å². The smallest absolute Gasteiger partial charge is 0.241 e. The van der Waals surface area contributed by atoms with Gasteiger partial charge in [-0.05, 0) is 38.5 Å². The molecule has 0 spiro atoms. The molecule has 2 rings (SSSR count). The topological polar surface area (TPSA) is 41.6 Å². The van der Waals surface area contributed by atoms with Crippen molar-refractivity contribution in [2.24, 2.45) is 5.92 Å². The van der Waals surface area contributed by atoms with Crippen molar-refractivity contribution in [1.29, 1.82) is 0 Å². The maximum absolute atomic E-state index is 12.7. The van der Waals surface area contributed by atoms with Crippen LogP contribution in [0.3, 0.4) is 0 Å². The third-order valence-electron chi connectivity index (χ3n) is 4.70. The molecule has 0 aromatic heterocycles. The molecule has 4 heteroatoms. The van der Waals surface area contributed by atoms with E-state index in [9.17, 15) is 4.79 Å². The highest BCUT2D eigenvalue weighted by Crippen LogP contribution is 2.30. The number of rotatable bonds is 7. The Morgan fingerprint density at radius 2 is 2.24 bits per heavy atom. The highest BCUT2D eigenvalue weighted by atomic mass is 16.5. The Morgan fingerprint density at radius 3 is 2.81 bits per heavy atom. The van der Waals surface area contributed by atoms with E-state index < -0.39 is 0 Å². The largest absolute Gasteiger partial charge is 0.373 e. The SMILES string of the molecule is CCCCC1NC(CC(C)C)N(CC2(C)CCCO2)C1=O. The number of amides is 1. The minimum atomic E-state index is -0.147. The van der Waals surface area contributed by atoms with Gasteiger partial charge in [0.1, 0.15) is 0 Å². The fraction of sp³-hybridized carbons (Fsp3) is 0.941. The van der Waals surface area contributed by atoms with E-state index in [1.165, 1.54) is 0 Å². The van der Waals surface area contributed by atoms with Crippen LogP contribution in [0.25, 0.3) is 0 Å². The summed E-state index contributed by atoms with van der Waals surface area (Å²) in [6, 6.07) is 0.0127. The second-order valence-electron chi connectivity index (χ2n) is 7.37. The molecule has 0 aromatic rings. The number of hydrogen-bond donors (Lipinski definition) is 1. The molecule has 2 heterocycles. The highest BCUT2D eigenvalue weighted by Gasteiger charge is 2.43. The second-order valence-corrected chi connectivity index (χ2v) is 7.37. The van der Waals surface area contributed by atoms with Gasteiger partial charge in [0.25, 0.3) is 0 Å². The molecule has 2 fully saturated rings. The molecule has 21 heavy (non-hydrogen) atoms. The molecular weight excluding hydrogens is 264 g/mol. The van der Waals surface area contributed by atoms with Gasteiger partial charge in [0.2, 0.25) is 5.91 Å². The zero-order valence-corrected chi connectivity index (χ0v) is 14.2. The van der Waals surface area contributed by atoms with Crippen LogP contribution >= 0.6 is 0 Å². The summed E-state index contributed by atoms with van der Waals surface area (Å²) >= 11 is 0. The first-order valence-electron chi connectivity index (χ1n) is 8.65. The Bertz CT molecular complexity index is 351. The first-order valence-corrected chi connectivity index (χ1v) is 8.65. The van der Waals surface area contributed by atoms with Crippen LogP contribution in [-0.4, -0.2) is 41.8 Å². The Labute approximate surface area is 129 Å². The van der Waals surface area contributed by atoms with Crippen LogP contribution in [0.15, 0.2) is 0 Å². The number of carbonyl (C=O) groups is 1. The van der Waals surface area contributed by atoms with E-state index in [1.807, 2.05) is 0 Å². The first-order chi connectivity index (χ1) is 9.95. The number of hydrogen-bond acceptors (Lipinski definition) is 3. The molecule has 3 unspecified atom stereocenters. The van der Waals surface area contributed by atoms with Crippen LogP contribution < -0.4 is 5.32 Å². The Morgan fingerprint density at radius 1 is 1.48 bits per heavy atom. The Hall–Kier alpha value is -0.610. The molecule has 1 amide bonds. The van der Waals surface area contributed by atoms with Crippen molar-refractivity contribution in [3.05, 3.63) is 0 Å². The third kappa shape index (κ3) is 4.19. The molecule has 0 saturated carbocycles. The van der Waals surface area contributed by atoms with Gasteiger partial charge in [-0.15, -0.1) is 0 Å². The fourth-order valence-corrected chi connectivity index (χ4v) is 3.51. The summed E-state index contributed by atoms with van der Waals surface area (Å²) in [7, 11) is 0. The summed E-state index contributed by atoms with van der Waals surface area (Å²) in [5.74, 6) is 0.867. The van der Waals surface area contributed by atoms with Crippen molar-refractivity contribution >= 4 is 5.91 Å². The van der Waals surface area contributed by atoms with Crippen LogP contribution in [0.2, 0.25) is 0 Å². The van der Waals surface area contributed by atoms with Gasteiger partial charge in [0, 0.05) is 6.61 Å². The van der Waals surface area contributed by atoms with Gasteiger partial charge in [-0.2, -0.15) is 0 Å². The normalized spacial score (nSPS) is 33.4. The fourth-order valence-electron chi connectivity index (χ4n) is 3.51. The standard InChI is InChI=1S/C17H32N2O2/c1-5-6-8-14-16(20)19(15(18-14)11-13(2)3)12-17(4)9-7-10-21-17/h13-15,18H,5-12H2,1-4H3. The number of unbranched alkanes of at least 4 members (excludes halogenated alkanes) is 1. The average Bonchev–Trinajstić information content (AvgIpc) is 2.95. The molecule has 2 aliphatic rings. The number of carbonyl (C=O) groups excluding carboxylic acids is 1. The van der Waals surface area contributed by atoms with Crippen molar-refractivity contribution in [2.75, 3.05) is 13.2 Å². The molecule has 3 atom stereocenters. The lowest BCUT2D eigenvalue weighted by molar-refractivity contribution is -0.134. The van der Waals surface area contributed by atoms with Crippen molar-refractivity contribution in [2.45, 2.75) is 84.0 Å². The number of ether oxygens (including phenoxy) is 1. The van der Waals surface area contributed by atoms with E-state index >= 15 is 0 Å². The van der Waals surface area contributed by atoms with Crippen molar-refractivity contribution in [3.63, 3.8) is 0 Å². The zero-order chi connectivity index (χ0) is 15.5. The van der Waals surface area contributed by atoms with Gasteiger partial charge < -0.3 is 9.64 Å². The van der Waals surface area contributed by atoms with Gasteiger partial charge >= 0.3 is 0 Å². The summed E-state index contributed by atoms with van der Waals surface area (Å²) in [5.41, 5.74) is -0.147. The second kappa shape index (κ2) is 7.10. The molecule has 1 N–H and O–H groups in total. The zero-order valence-electron chi connectivity index (χ0n) is 14.2. The van der Waals surface area contributed by atoms with Crippen molar-refractivity contribution in [1.82, 2.24) is 10.2 Å². The average molecular weight is 296 g/mol. The molecular formula is C17H32N2O2. The monoisotopic (exact) mass is 296 g/mol. The van der Waals surface area contributed by atoms with Gasteiger partial charge in [0.15, 0.2) is 0 Å². The Kier molecular flexibility index (Phi) is 5.67. The summed E-state index contributed by atoms with van der Waals surface area (Å²) in [6.07, 6.45) is 6.58. The number of nitrogens with one attached hydrogen (secondary N) is 1. The summed E-state index contributed by atoms with van der Waals surface area (Å²) in [4.78, 5) is 14.8. The lowest BCUT2D eigenvalue weighted by atomic mass is 10.0. The van der Waals surface area contributed by atoms with Crippen LogP contribution in [0.5, 0.6) is 0 Å². The predicted octanol–water partition coefficient (Wildman–Crippen LogP) is 2.92. The summed E-state index contributed by atoms with van der Waals surface area (Å²) in [5, 5.41) is 3.57. The first kappa shape index (κ1) is 16.8. The van der Waals surface area contributed by atoms with E-state index in [-0.39, 0.29) is 23.7 Å². The maximum Gasteiger partial charge on any atom is 0.241 e. The van der Waals surface area contributed by atoms with E-state index in [2.05, 4.69) is 37.9 Å². The lowest BCUT2D eigenvalue weighted by Gasteiger charge is -2.33. The van der Waals surface area contributed by atoms with E-state index in [4.69, 9.17) is 4.74 Å². The molecule has 4 nitrogen and oxygen atoms in total. The van der Waals surface area contributed by atoms with Crippen LogP contribution in [0.4, 0.5) is 0 Å². The summed E-state index contributed by atoms with van der Waals surface area (Å²) in [6.45, 7) is 10.3. The van der Waals surface area contributed by atoms with Gasteiger partial charge in [-0.1, -0.05) is 33.6 Å². The number of nitrogens with zero attached hydrogens (tertiary/aromatic N) is 1. The van der Waals surface area contributed by atoms with Gasteiger partial charge in [-0.3, -0.25) is 10.1 Å². The minimum Gasteiger partial charge on any atom is -0.373 e. The molecule has 0 aromatic carbocycles. The van der Waals surface area contributed by atoms with Crippen LogP contribution in [0.1, 0.15) is 66.2 Å². The van der Waals surface area contributed by atoms with Crippen molar-refractivity contribution < 1.29 is 9.53 Å². The highest BCUT2D eigenvalue weighted by molar-refractivity contribution is 5.84. The molecule has 0 radical (unpaired) electrons.